The number of benzene rings is 1. The molecule has 1 aromatic heterocycles. The summed E-state index contributed by atoms with van der Waals surface area (Å²) in [5.41, 5.74) is 5.76. The summed E-state index contributed by atoms with van der Waals surface area (Å²) in [4.78, 5) is 6.75. The number of rotatable bonds is 2. The third-order valence-corrected chi connectivity index (χ3v) is 4.32. The predicted molar refractivity (Wildman–Crippen MR) is 95.4 cm³/mol. The van der Waals surface area contributed by atoms with E-state index in [1.807, 2.05) is 12.1 Å². The monoisotopic (exact) mass is 316 g/mol. The molecule has 0 unspecified atom stereocenters. The highest BCUT2D eigenvalue weighted by Gasteiger charge is 2.16. The number of allylic oxidation sites excluding steroid dienone is 5. The van der Waals surface area contributed by atoms with Crippen molar-refractivity contribution in [3.05, 3.63) is 95.7 Å². The van der Waals surface area contributed by atoms with Gasteiger partial charge in [-0.2, -0.15) is 0 Å². The Morgan fingerprint density at radius 1 is 1.21 bits per heavy atom. The van der Waals surface area contributed by atoms with Crippen LogP contribution in [0.25, 0.3) is 16.8 Å². The van der Waals surface area contributed by atoms with Crippen molar-refractivity contribution < 1.29 is 4.39 Å². The smallest absolute Gasteiger partial charge is 0.126 e. The van der Waals surface area contributed by atoms with Crippen molar-refractivity contribution in [1.82, 2.24) is 9.88 Å². The van der Waals surface area contributed by atoms with Crippen molar-refractivity contribution >= 4 is 5.57 Å². The molecule has 24 heavy (non-hydrogen) atoms. The van der Waals surface area contributed by atoms with Gasteiger partial charge in [0.05, 0.1) is 5.69 Å². The summed E-state index contributed by atoms with van der Waals surface area (Å²) in [5, 5.41) is 0. The Hall–Kier alpha value is -2.94. The minimum absolute atomic E-state index is 0.192. The summed E-state index contributed by atoms with van der Waals surface area (Å²) in [6.07, 6.45) is 14.5. The second kappa shape index (κ2) is 5.93. The highest BCUT2D eigenvalue weighted by atomic mass is 19.1. The molecule has 0 saturated heterocycles. The van der Waals surface area contributed by atoms with Gasteiger partial charge in [-0.25, -0.2) is 4.39 Å². The first-order valence-corrected chi connectivity index (χ1v) is 7.98. The van der Waals surface area contributed by atoms with Crippen LogP contribution in [0.3, 0.4) is 0 Å². The van der Waals surface area contributed by atoms with Crippen LogP contribution in [0, 0.1) is 12.7 Å². The maximum atomic E-state index is 13.6. The summed E-state index contributed by atoms with van der Waals surface area (Å²) in [7, 11) is 0. The van der Waals surface area contributed by atoms with Crippen LogP contribution in [-0.2, 0) is 0 Å². The molecule has 0 saturated carbocycles. The van der Waals surface area contributed by atoms with Gasteiger partial charge in [-0.1, -0.05) is 18.2 Å². The Balaban J connectivity index is 1.81. The summed E-state index contributed by atoms with van der Waals surface area (Å²) in [5.74, 6) is -0.192. The molecule has 2 nitrogen and oxygen atoms in total. The normalized spacial score (nSPS) is 15.8. The molecule has 4 rings (SSSR count). The summed E-state index contributed by atoms with van der Waals surface area (Å²) in [6, 6.07) is 9.14. The van der Waals surface area contributed by atoms with Crippen LogP contribution >= 0.6 is 0 Å². The molecule has 0 aliphatic carbocycles. The van der Waals surface area contributed by atoms with Gasteiger partial charge in [0.25, 0.3) is 0 Å². The molecule has 0 amide bonds. The van der Waals surface area contributed by atoms with Crippen LogP contribution < -0.4 is 0 Å². The average molecular weight is 316 g/mol. The molecule has 1 aromatic carbocycles. The lowest BCUT2D eigenvalue weighted by atomic mass is 9.96. The number of pyridine rings is 1. The van der Waals surface area contributed by atoms with Crippen LogP contribution in [0.4, 0.5) is 4.39 Å². The highest BCUT2D eigenvalue weighted by Crippen LogP contribution is 2.32. The lowest BCUT2D eigenvalue weighted by molar-refractivity contribution is 0.524. The van der Waals surface area contributed by atoms with Gasteiger partial charge >= 0.3 is 0 Å². The SMILES string of the molecule is Cc1cc(-c2ncccc2C2=CC3=CC=CCN3C=C2)ccc1F. The second-order valence-electron chi connectivity index (χ2n) is 5.95. The van der Waals surface area contributed by atoms with Gasteiger partial charge in [-0.3, -0.25) is 4.98 Å². The molecule has 0 bridgehead atoms. The maximum Gasteiger partial charge on any atom is 0.126 e. The van der Waals surface area contributed by atoms with Crippen molar-refractivity contribution in [2.45, 2.75) is 6.92 Å². The first-order valence-electron chi connectivity index (χ1n) is 7.98. The minimum atomic E-state index is -0.192. The summed E-state index contributed by atoms with van der Waals surface area (Å²) in [6.45, 7) is 2.67. The number of fused-ring (bicyclic) bond motifs is 1. The zero-order valence-corrected chi connectivity index (χ0v) is 13.4. The van der Waals surface area contributed by atoms with Crippen LogP contribution in [0.2, 0.25) is 0 Å². The van der Waals surface area contributed by atoms with Gasteiger partial charge in [-0.15, -0.1) is 0 Å². The lowest BCUT2D eigenvalue weighted by Crippen LogP contribution is -2.19. The van der Waals surface area contributed by atoms with E-state index in [-0.39, 0.29) is 5.82 Å². The maximum absolute atomic E-state index is 13.6. The quantitative estimate of drug-likeness (QED) is 0.786. The van der Waals surface area contributed by atoms with Gasteiger partial charge in [0, 0.05) is 35.8 Å². The van der Waals surface area contributed by atoms with E-state index in [2.05, 4.69) is 52.5 Å². The largest absolute Gasteiger partial charge is 0.344 e. The fourth-order valence-electron chi connectivity index (χ4n) is 3.03. The summed E-state index contributed by atoms with van der Waals surface area (Å²) >= 11 is 0. The van der Waals surface area contributed by atoms with Gasteiger partial charge in [-0.05, 0) is 60.6 Å². The molecular weight excluding hydrogens is 299 g/mol. The van der Waals surface area contributed by atoms with Gasteiger partial charge < -0.3 is 4.90 Å². The van der Waals surface area contributed by atoms with E-state index in [0.29, 0.717) is 5.56 Å². The Morgan fingerprint density at radius 3 is 3.00 bits per heavy atom. The number of aryl methyl sites for hydroxylation is 1. The topological polar surface area (TPSA) is 16.1 Å². The standard InChI is InChI=1S/C21H17FN2/c1-15-13-17(7-8-20(15)22)21-19(6-4-10-23-21)16-9-12-24-11-3-2-5-18(24)14-16/h2-10,12-14H,11H2,1H3. The van der Waals surface area contributed by atoms with Crippen LogP contribution in [0.1, 0.15) is 11.1 Å². The molecule has 2 aliphatic heterocycles. The Labute approximate surface area is 141 Å². The molecule has 0 atom stereocenters. The van der Waals surface area contributed by atoms with Crippen molar-refractivity contribution in [3.8, 4) is 11.3 Å². The fraction of sp³-hybridized carbons (Fsp3) is 0.0952. The number of nitrogens with zero attached hydrogens (tertiary/aromatic N) is 2. The van der Waals surface area contributed by atoms with Crippen molar-refractivity contribution in [2.75, 3.05) is 6.54 Å². The fourth-order valence-corrected chi connectivity index (χ4v) is 3.03. The third kappa shape index (κ3) is 2.58. The third-order valence-electron chi connectivity index (χ3n) is 4.32. The number of aromatic nitrogens is 1. The molecule has 0 fully saturated rings. The molecular formula is C21H17FN2. The Kier molecular flexibility index (Phi) is 3.62. The Morgan fingerprint density at radius 2 is 2.12 bits per heavy atom. The lowest BCUT2D eigenvalue weighted by Gasteiger charge is -2.26. The van der Waals surface area contributed by atoms with Gasteiger partial charge in [0.15, 0.2) is 0 Å². The van der Waals surface area contributed by atoms with E-state index < -0.39 is 0 Å². The van der Waals surface area contributed by atoms with Crippen LogP contribution in [0.15, 0.2) is 78.8 Å². The predicted octanol–water partition coefficient (Wildman–Crippen LogP) is 4.86. The van der Waals surface area contributed by atoms with Crippen molar-refractivity contribution in [3.63, 3.8) is 0 Å². The average Bonchev–Trinajstić information content (AvgIpc) is 2.63. The molecule has 3 heteroatoms. The first kappa shape index (κ1) is 14.6. The number of hydrogen-bond donors (Lipinski definition) is 0. The van der Waals surface area contributed by atoms with E-state index in [4.69, 9.17) is 0 Å². The molecule has 0 N–H and O–H groups in total. The van der Waals surface area contributed by atoms with Crippen LogP contribution in [0.5, 0.6) is 0 Å². The van der Waals surface area contributed by atoms with Crippen LogP contribution in [-0.4, -0.2) is 16.4 Å². The van der Waals surface area contributed by atoms with E-state index in [9.17, 15) is 4.39 Å². The number of hydrogen-bond acceptors (Lipinski definition) is 2. The minimum Gasteiger partial charge on any atom is -0.344 e. The molecule has 0 spiro atoms. The molecule has 0 radical (unpaired) electrons. The second-order valence-corrected chi connectivity index (χ2v) is 5.95. The molecule has 118 valence electrons. The van der Waals surface area contributed by atoms with Crippen molar-refractivity contribution in [1.29, 1.82) is 0 Å². The van der Waals surface area contributed by atoms with Gasteiger partial charge in [0.2, 0.25) is 0 Å². The zero-order chi connectivity index (χ0) is 16.5. The van der Waals surface area contributed by atoms with E-state index in [1.54, 1.807) is 19.2 Å². The van der Waals surface area contributed by atoms with E-state index in [0.717, 1.165) is 28.9 Å². The molecule has 3 heterocycles. The molecule has 2 aliphatic rings. The van der Waals surface area contributed by atoms with Crippen molar-refractivity contribution in [2.24, 2.45) is 0 Å². The van der Waals surface area contributed by atoms with Gasteiger partial charge in [0.1, 0.15) is 5.82 Å². The molecule has 2 aromatic rings. The Bertz CT molecular complexity index is 919. The number of halogens is 1. The zero-order valence-electron chi connectivity index (χ0n) is 13.4. The van der Waals surface area contributed by atoms with E-state index >= 15 is 0 Å². The first-order chi connectivity index (χ1) is 11.7. The highest BCUT2D eigenvalue weighted by molar-refractivity contribution is 5.85. The van der Waals surface area contributed by atoms with E-state index in [1.165, 1.54) is 11.8 Å². The summed E-state index contributed by atoms with van der Waals surface area (Å²) < 4.78 is 13.6.